The molecule has 0 radical (unpaired) electrons. The SMILES string of the molecule is O=C(NNC(=O)[C@H]1C[C@@H]1c1ccccc1Cl)c1ccccn1. The zero-order chi connectivity index (χ0) is 15.5. The standard InChI is InChI=1S/C16H14ClN3O2/c17-13-6-2-1-5-10(13)11-9-12(11)15(21)19-20-16(22)14-7-3-4-8-18-14/h1-8,11-12H,9H2,(H,19,21)(H,20,22)/t11-,12+/m1/s1. The normalized spacial score (nSPS) is 19.3. The third-order valence-electron chi connectivity index (χ3n) is 3.63. The number of pyridine rings is 1. The van der Waals surface area contributed by atoms with E-state index in [0.29, 0.717) is 5.02 Å². The monoisotopic (exact) mass is 315 g/mol. The molecule has 2 N–H and O–H groups in total. The molecule has 1 aromatic heterocycles. The van der Waals surface area contributed by atoms with Crippen molar-refractivity contribution in [3.63, 3.8) is 0 Å². The first kappa shape index (κ1) is 14.5. The number of rotatable bonds is 3. The van der Waals surface area contributed by atoms with Crippen LogP contribution in [-0.4, -0.2) is 16.8 Å². The van der Waals surface area contributed by atoms with Crippen LogP contribution < -0.4 is 10.9 Å². The number of nitrogens with one attached hydrogen (secondary N) is 2. The highest BCUT2D eigenvalue weighted by Gasteiger charge is 2.44. The second kappa shape index (κ2) is 6.15. The van der Waals surface area contributed by atoms with Crippen LogP contribution in [0.3, 0.4) is 0 Å². The first-order valence-corrected chi connectivity index (χ1v) is 7.30. The van der Waals surface area contributed by atoms with E-state index in [0.717, 1.165) is 12.0 Å². The Balaban J connectivity index is 1.54. The Labute approximate surface area is 132 Å². The van der Waals surface area contributed by atoms with Crippen LogP contribution in [0.5, 0.6) is 0 Å². The van der Waals surface area contributed by atoms with Crippen molar-refractivity contribution >= 4 is 23.4 Å². The number of aromatic nitrogens is 1. The molecule has 1 saturated carbocycles. The summed E-state index contributed by atoms with van der Waals surface area (Å²) in [5, 5.41) is 0.667. The van der Waals surface area contributed by atoms with E-state index in [9.17, 15) is 9.59 Å². The molecule has 2 aromatic rings. The minimum absolute atomic E-state index is 0.112. The minimum Gasteiger partial charge on any atom is -0.273 e. The van der Waals surface area contributed by atoms with E-state index in [1.54, 1.807) is 18.2 Å². The predicted octanol–water partition coefficient (Wildman–Crippen LogP) is 2.30. The lowest BCUT2D eigenvalue weighted by Gasteiger charge is -2.07. The van der Waals surface area contributed by atoms with Crippen molar-refractivity contribution in [2.75, 3.05) is 0 Å². The number of hydrogen-bond donors (Lipinski definition) is 2. The van der Waals surface area contributed by atoms with Gasteiger partial charge in [0.1, 0.15) is 5.69 Å². The van der Waals surface area contributed by atoms with Crippen LogP contribution >= 0.6 is 11.6 Å². The molecule has 0 bridgehead atoms. The first-order valence-electron chi connectivity index (χ1n) is 6.92. The van der Waals surface area contributed by atoms with Gasteiger partial charge in [-0.25, -0.2) is 0 Å². The fraction of sp³-hybridized carbons (Fsp3) is 0.188. The number of amides is 2. The highest BCUT2D eigenvalue weighted by Crippen LogP contribution is 2.49. The molecule has 3 rings (SSSR count). The van der Waals surface area contributed by atoms with Gasteiger partial charge in [0.25, 0.3) is 5.91 Å². The molecule has 6 heteroatoms. The Morgan fingerprint density at radius 3 is 2.59 bits per heavy atom. The van der Waals surface area contributed by atoms with E-state index < -0.39 is 5.91 Å². The minimum atomic E-state index is -0.441. The van der Waals surface area contributed by atoms with Gasteiger partial charge in [-0.3, -0.25) is 25.4 Å². The third-order valence-corrected chi connectivity index (χ3v) is 3.97. The number of nitrogens with zero attached hydrogens (tertiary/aromatic N) is 1. The largest absolute Gasteiger partial charge is 0.288 e. The van der Waals surface area contributed by atoms with E-state index in [1.807, 2.05) is 24.3 Å². The van der Waals surface area contributed by atoms with E-state index in [2.05, 4.69) is 15.8 Å². The lowest BCUT2D eigenvalue weighted by molar-refractivity contribution is -0.123. The number of carbonyl (C=O) groups is 2. The summed E-state index contributed by atoms with van der Waals surface area (Å²) in [5.41, 5.74) is 6.04. The zero-order valence-corrected chi connectivity index (χ0v) is 12.4. The van der Waals surface area contributed by atoms with Crippen LogP contribution in [0.25, 0.3) is 0 Å². The molecule has 0 aliphatic heterocycles. The van der Waals surface area contributed by atoms with Crippen LogP contribution in [0.15, 0.2) is 48.7 Å². The summed E-state index contributed by atoms with van der Waals surface area (Å²) in [6.45, 7) is 0. The Hall–Kier alpha value is -2.40. The van der Waals surface area contributed by atoms with Gasteiger partial charge in [0, 0.05) is 17.1 Å². The number of halogens is 1. The maximum Gasteiger partial charge on any atom is 0.288 e. The van der Waals surface area contributed by atoms with Crippen molar-refractivity contribution in [2.45, 2.75) is 12.3 Å². The van der Waals surface area contributed by atoms with Gasteiger partial charge in [-0.05, 0) is 36.1 Å². The van der Waals surface area contributed by atoms with E-state index in [4.69, 9.17) is 11.6 Å². The molecule has 1 heterocycles. The molecular weight excluding hydrogens is 302 g/mol. The first-order chi connectivity index (χ1) is 10.7. The Bertz CT molecular complexity index is 706. The Morgan fingerprint density at radius 1 is 1.09 bits per heavy atom. The van der Waals surface area contributed by atoms with Crippen LogP contribution in [0.2, 0.25) is 5.02 Å². The highest BCUT2D eigenvalue weighted by atomic mass is 35.5. The Kier molecular flexibility index (Phi) is 4.06. The molecule has 112 valence electrons. The molecule has 1 aliphatic carbocycles. The molecule has 5 nitrogen and oxygen atoms in total. The van der Waals surface area contributed by atoms with Crippen molar-refractivity contribution in [3.8, 4) is 0 Å². The fourth-order valence-corrected chi connectivity index (χ4v) is 2.65. The smallest absolute Gasteiger partial charge is 0.273 e. The molecule has 22 heavy (non-hydrogen) atoms. The number of hydrazine groups is 1. The summed E-state index contributed by atoms with van der Waals surface area (Å²) >= 11 is 6.13. The molecule has 1 fully saturated rings. The second-order valence-corrected chi connectivity index (χ2v) is 5.54. The number of carbonyl (C=O) groups excluding carboxylic acids is 2. The molecule has 2 amide bonds. The van der Waals surface area contributed by atoms with Crippen molar-refractivity contribution in [2.24, 2.45) is 5.92 Å². The van der Waals surface area contributed by atoms with E-state index in [-0.39, 0.29) is 23.4 Å². The lowest BCUT2D eigenvalue weighted by Crippen LogP contribution is -2.42. The molecule has 2 atom stereocenters. The quantitative estimate of drug-likeness (QED) is 0.854. The van der Waals surface area contributed by atoms with Gasteiger partial charge >= 0.3 is 0 Å². The van der Waals surface area contributed by atoms with Gasteiger partial charge in [-0.15, -0.1) is 0 Å². The maximum atomic E-state index is 12.0. The van der Waals surface area contributed by atoms with Gasteiger partial charge < -0.3 is 0 Å². The molecule has 1 aromatic carbocycles. The van der Waals surface area contributed by atoms with Gasteiger partial charge in [-0.2, -0.15) is 0 Å². The van der Waals surface area contributed by atoms with Crippen LogP contribution in [0.4, 0.5) is 0 Å². The van der Waals surface area contributed by atoms with E-state index >= 15 is 0 Å². The van der Waals surface area contributed by atoms with Crippen LogP contribution in [-0.2, 0) is 4.79 Å². The molecular formula is C16H14ClN3O2. The topological polar surface area (TPSA) is 71.1 Å². The average Bonchev–Trinajstić information content (AvgIpc) is 3.34. The summed E-state index contributed by atoms with van der Waals surface area (Å²) in [6.07, 6.45) is 2.25. The van der Waals surface area contributed by atoms with Gasteiger partial charge in [0.05, 0.1) is 0 Å². The molecule has 0 unspecified atom stereocenters. The van der Waals surface area contributed by atoms with Crippen molar-refractivity contribution < 1.29 is 9.59 Å². The van der Waals surface area contributed by atoms with Gasteiger partial charge in [0.2, 0.25) is 5.91 Å². The van der Waals surface area contributed by atoms with Gasteiger partial charge in [0.15, 0.2) is 0 Å². The zero-order valence-electron chi connectivity index (χ0n) is 11.6. The number of benzene rings is 1. The van der Waals surface area contributed by atoms with Gasteiger partial charge in [-0.1, -0.05) is 35.9 Å². The maximum absolute atomic E-state index is 12.0. The third kappa shape index (κ3) is 3.09. The Morgan fingerprint density at radius 2 is 1.86 bits per heavy atom. The average molecular weight is 316 g/mol. The second-order valence-electron chi connectivity index (χ2n) is 5.13. The van der Waals surface area contributed by atoms with Crippen LogP contribution in [0.1, 0.15) is 28.4 Å². The summed E-state index contributed by atoms with van der Waals surface area (Å²) in [5.74, 6) is -0.706. The summed E-state index contributed by atoms with van der Waals surface area (Å²) in [7, 11) is 0. The van der Waals surface area contributed by atoms with Crippen molar-refractivity contribution in [3.05, 3.63) is 64.9 Å². The summed E-state index contributed by atoms with van der Waals surface area (Å²) in [4.78, 5) is 27.7. The molecule has 0 spiro atoms. The fourth-order valence-electron chi connectivity index (χ4n) is 2.38. The summed E-state index contributed by atoms with van der Waals surface area (Å²) in [6, 6.07) is 12.5. The molecule has 1 aliphatic rings. The number of hydrogen-bond acceptors (Lipinski definition) is 3. The predicted molar refractivity (Wildman–Crippen MR) is 82.1 cm³/mol. The molecule has 0 saturated heterocycles. The van der Waals surface area contributed by atoms with Crippen molar-refractivity contribution in [1.82, 2.24) is 15.8 Å². The van der Waals surface area contributed by atoms with Crippen molar-refractivity contribution in [1.29, 1.82) is 0 Å². The lowest BCUT2D eigenvalue weighted by atomic mass is 10.1. The highest BCUT2D eigenvalue weighted by molar-refractivity contribution is 6.31. The summed E-state index contributed by atoms with van der Waals surface area (Å²) < 4.78 is 0. The van der Waals surface area contributed by atoms with Crippen LogP contribution in [0, 0.1) is 5.92 Å². The van der Waals surface area contributed by atoms with E-state index in [1.165, 1.54) is 6.20 Å².